The van der Waals surface area contributed by atoms with Crippen LogP contribution < -0.4 is 0 Å². The zero-order chi connectivity index (χ0) is 12.5. The second-order valence-electron chi connectivity index (χ2n) is 2.41. The van der Waals surface area contributed by atoms with E-state index < -0.39 is 0 Å². The molecule has 0 heterocycles. The number of allylic oxidation sites excluding steroid dienone is 4. The third-order valence-corrected chi connectivity index (χ3v) is 1.57. The van der Waals surface area contributed by atoms with Crippen LogP contribution in [0.2, 0.25) is 0 Å². The van der Waals surface area contributed by atoms with E-state index >= 15 is 0 Å². The molecule has 0 fully saturated rings. The molecule has 1 aliphatic rings. The maximum atomic E-state index is 7.00. The van der Waals surface area contributed by atoms with Gasteiger partial charge in [-0.25, -0.2) is 11.6 Å². The van der Waals surface area contributed by atoms with Gasteiger partial charge in [0.25, 0.3) is 0 Å². The second kappa shape index (κ2) is 29.4. The molecule has 0 atom stereocenters. The molecular formula is C12H25O3Ti-. The number of rotatable bonds is 3. The van der Waals surface area contributed by atoms with Crippen LogP contribution in [0.5, 0.6) is 0 Å². The molecule has 0 spiro atoms. The van der Waals surface area contributed by atoms with Crippen LogP contribution in [0.25, 0.3) is 0 Å². The van der Waals surface area contributed by atoms with Crippen molar-refractivity contribution in [1.29, 1.82) is 0 Å². The van der Waals surface area contributed by atoms with E-state index in [9.17, 15) is 0 Å². The van der Waals surface area contributed by atoms with Gasteiger partial charge in [-0.15, -0.1) is 6.42 Å². The van der Waals surface area contributed by atoms with E-state index in [4.69, 9.17) is 15.3 Å². The van der Waals surface area contributed by atoms with Crippen molar-refractivity contribution < 1.29 is 37.0 Å². The summed E-state index contributed by atoms with van der Waals surface area (Å²) < 4.78 is 0. The summed E-state index contributed by atoms with van der Waals surface area (Å²) >= 11 is 0. The van der Waals surface area contributed by atoms with Crippen molar-refractivity contribution in [2.75, 3.05) is 21.3 Å². The van der Waals surface area contributed by atoms with Gasteiger partial charge < -0.3 is 15.3 Å². The predicted octanol–water partition coefficient (Wildman–Crippen LogP) is 1.69. The monoisotopic (exact) mass is 265 g/mol. The molecule has 3 nitrogen and oxygen atoms in total. The fraction of sp³-hybridized carbons (Fsp3) is 0.667. The van der Waals surface area contributed by atoms with E-state index in [1.165, 1.54) is 24.8 Å². The Morgan fingerprint density at radius 3 is 1.94 bits per heavy atom. The van der Waals surface area contributed by atoms with Crippen LogP contribution in [-0.4, -0.2) is 36.6 Å². The van der Waals surface area contributed by atoms with Crippen molar-refractivity contribution in [3.05, 3.63) is 23.8 Å². The SMILES string of the molecule is CCCCC1=[C-]CC=C1.CO.CO.CO.[Ti]. The third-order valence-electron chi connectivity index (χ3n) is 1.57. The van der Waals surface area contributed by atoms with Crippen LogP contribution in [0.4, 0.5) is 0 Å². The van der Waals surface area contributed by atoms with E-state index in [0.29, 0.717) is 0 Å². The van der Waals surface area contributed by atoms with E-state index in [1.54, 1.807) is 0 Å². The Balaban J connectivity index is -0.0000000900. The molecule has 1 rings (SSSR count). The topological polar surface area (TPSA) is 60.7 Å². The quantitative estimate of drug-likeness (QED) is 0.537. The van der Waals surface area contributed by atoms with Gasteiger partial charge >= 0.3 is 0 Å². The summed E-state index contributed by atoms with van der Waals surface area (Å²) in [6, 6.07) is 0. The maximum absolute atomic E-state index is 7.00. The normalized spacial score (nSPS) is 10.3. The summed E-state index contributed by atoms with van der Waals surface area (Å²) in [4.78, 5) is 0. The van der Waals surface area contributed by atoms with E-state index in [2.05, 4.69) is 25.2 Å². The van der Waals surface area contributed by atoms with Gasteiger partial charge in [-0.2, -0.15) is 6.08 Å². The molecule has 16 heavy (non-hydrogen) atoms. The maximum Gasteiger partial charge on any atom is 0.0319 e. The number of aliphatic hydroxyl groups excluding tert-OH is 3. The largest absolute Gasteiger partial charge is 0.400 e. The molecule has 0 aromatic rings. The van der Waals surface area contributed by atoms with E-state index in [1.807, 2.05) is 0 Å². The Bertz CT molecular complexity index is 145. The van der Waals surface area contributed by atoms with Crippen molar-refractivity contribution in [2.24, 2.45) is 0 Å². The first-order valence-electron chi connectivity index (χ1n) is 5.04. The van der Waals surface area contributed by atoms with Crippen LogP contribution in [-0.2, 0) is 21.7 Å². The Hall–Kier alpha value is 0.0743. The van der Waals surface area contributed by atoms with Gasteiger partial charge in [0.1, 0.15) is 0 Å². The molecule has 1 aliphatic carbocycles. The third kappa shape index (κ3) is 19.6. The van der Waals surface area contributed by atoms with Crippen molar-refractivity contribution >= 4 is 0 Å². The average Bonchev–Trinajstić information content (AvgIpc) is 2.87. The van der Waals surface area contributed by atoms with E-state index in [-0.39, 0.29) is 21.7 Å². The van der Waals surface area contributed by atoms with Gasteiger partial charge in [0.15, 0.2) is 0 Å². The summed E-state index contributed by atoms with van der Waals surface area (Å²) in [5, 5.41) is 21.0. The minimum Gasteiger partial charge on any atom is -0.400 e. The number of hydrogen-bond donors (Lipinski definition) is 3. The second-order valence-corrected chi connectivity index (χ2v) is 2.41. The first kappa shape index (κ1) is 25.1. The van der Waals surface area contributed by atoms with Crippen LogP contribution in [0.1, 0.15) is 32.6 Å². The van der Waals surface area contributed by atoms with Gasteiger partial charge in [-0.1, -0.05) is 26.2 Å². The predicted molar refractivity (Wildman–Crippen MR) is 64.5 cm³/mol. The molecule has 0 amide bonds. The van der Waals surface area contributed by atoms with E-state index in [0.717, 1.165) is 27.8 Å². The zero-order valence-electron chi connectivity index (χ0n) is 10.8. The summed E-state index contributed by atoms with van der Waals surface area (Å²) in [5.41, 5.74) is 1.41. The molecule has 96 valence electrons. The number of hydrogen-bond acceptors (Lipinski definition) is 3. The molecule has 0 aromatic carbocycles. The first-order valence-corrected chi connectivity index (χ1v) is 5.04. The Morgan fingerprint density at radius 1 is 1.12 bits per heavy atom. The van der Waals surface area contributed by atoms with Gasteiger partial charge in [0.05, 0.1) is 0 Å². The fourth-order valence-corrected chi connectivity index (χ4v) is 0.989. The van der Waals surface area contributed by atoms with Crippen LogP contribution in [0.3, 0.4) is 0 Å². The minimum atomic E-state index is 0. The Labute approximate surface area is 115 Å². The summed E-state index contributed by atoms with van der Waals surface area (Å²) in [7, 11) is 3.00. The molecule has 0 bridgehead atoms. The molecule has 0 unspecified atom stereocenters. The summed E-state index contributed by atoms with van der Waals surface area (Å²) in [6.07, 6.45) is 12.5. The van der Waals surface area contributed by atoms with Gasteiger partial charge in [0, 0.05) is 43.0 Å². The molecular weight excluding hydrogens is 240 g/mol. The molecule has 0 saturated carbocycles. The first-order chi connectivity index (χ1) is 7.43. The van der Waals surface area contributed by atoms with Crippen molar-refractivity contribution in [1.82, 2.24) is 0 Å². The van der Waals surface area contributed by atoms with Crippen LogP contribution in [0, 0.1) is 6.08 Å². The average molecular weight is 265 g/mol. The molecule has 0 radical (unpaired) electrons. The van der Waals surface area contributed by atoms with Crippen molar-refractivity contribution in [3.8, 4) is 0 Å². The molecule has 3 N–H and O–H groups in total. The summed E-state index contributed by atoms with van der Waals surface area (Å²) in [5.74, 6) is 0. The molecule has 4 heteroatoms. The molecule has 0 aromatic heterocycles. The van der Waals surface area contributed by atoms with Crippen LogP contribution >= 0.6 is 0 Å². The molecule has 0 aliphatic heterocycles. The standard InChI is InChI=1S/C9H13.3CH4O.Ti/c1-2-3-6-9-7-4-5-8-9;3*1-2;/h4,7H,2-3,5-6H2,1H3;3*2H,1H3;/q-1;;;;. The smallest absolute Gasteiger partial charge is 0.0319 e. The van der Waals surface area contributed by atoms with Crippen LogP contribution in [0.15, 0.2) is 17.7 Å². The van der Waals surface area contributed by atoms with Gasteiger partial charge in [-0.05, 0) is 0 Å². The van der Waals surface area contributed by atoms with Gasteiger partial charge in [0.2, 0.25) is 0 Å². The Kier molecular flexibility index (Phi) is 46.1. The van der Waals surface area contributed by atoms with Crippen molar-refractivity contribution in [2.45, 2.75) is 32.6 Å². The molecule has 0 saturated heterocycles. The number of unbranched alkanes of at least 4 members (excludes halogenated alkanes) is 1. The fourth-order valence-electron chi connectivity index (χ4n) is 0.989. The number of aliphatic hydroxyl groups is 3. The minimum absolute atomic E-state index is 0. The van der Waals surface area contributed by atoms with Crippen molar-refractivity contribution in [3.63, 3.8) is 0 Å². The summed E-state index contributed by atoms with van der Waals surface area (Å²) in [6.45, 7) is 2.22. The van der Waals surface area contributed by atoms with Gasteiger partial charge in [-0.3, -0.25) is 6.08 Å². The zero-order valence-corrected chi connectivity index (χ0v) is 12.4. The Morgan fingerprint density at radius 2 is 1.62 bits per heavy atom.